The van der Waals surface area contributed by atoms with Crippen LogP contribution < -0.4 is 9.67 Å². The van der Waals surface area contributed by atoms with Gasteiger partial charge in [-0.3, -0.25) is 19.7 Å². The van der Waals surface area contributed by atoms with Gasteiger partial charge in [-0.1, -0.05) is 0 Å². The Morgan fingerprint density at radius 2 is 2.25 bits per heavy atom. The van der Waals surface area contributed by atoms with Crippen molar-refractivity contribution >= 4 is 29.5 Å². The molecule has 8 nitrogen and oxygen atoms in total. The number of rotatable bonds is 4. The van der Waals surface area contributed by atoms with Crippen molar-refractivity contribution in [1.29, 1.82) is 0 Å². The lowest BCUT2D eigenvalue weighted by Gasteiger charge is -2.45. The molecule has 2 aliphatic heterocycles. The molecule has 1 atom stereocenters. The van der Waals surface area contributed by atoms with Gasteiger partial charge >= 0.3 is 5.91 Å². The molecular formula is C15H15N3O5S. The number of nitrogens with zero attached hydrogens (tertiary/aromatic N) is 3. The lowest BCUT2D eigenvalue weighted by molar-refractivity contribution is -0.691. The van der Waals surface area contributed by atoms with Gasteiger partial charge in [0.05, 0.1) is 23.5 Å². The summed E-state index contributed by atoms with van der Waals surface area (Å²) in [6, 6.07) is 4.87. The molecule has 0 aliphatic carbocycles. The Morgan fingerprint density at radius 3 is 2.88 bits per heavy atom. The first-order chi connectivity index (χ1) is 11.4. The summed E-state index contributed by atoms with van der Waals surface area (Å²) in [5, 5.41) is 21.2. The number of β-lactam (4-membered cyclic amide) rings is 1. The number of fused-ring (bicyclic) bond motifs is 1. The minimum atomic E-state index is -1.40. The van der Waals surface area contributed by atoms with Crippen LogP contribution in [0, 0.1) is 0 Å². The topological polar surface area (TPSA) is 105 Å². The van der Waals surface area contributed by atoms with Crippen molar-refractivity contribution in [3.8, 4) is 0 Å². The summed E-state index contributed by atoms with van der Waals surface area (Å²) >= 11 is 1.48. The maximum Gasteiger partial charge on any atom is 0.341 e. The number of aromatic nitrogens is 1. The van der Waals surface area contributed by atoms with Gasteiger partial charge in [-0.15, -0.1) is 11.8 Å². The quantitative estimate of drug-likeness (QED) is 0.315. The molecule has 0 aromatic carbocycles. The fraction of sp³-hybridized carbons (Fsp3) is 0.333. The van der Waals surface area contributed by atoms with E-state index in [-0.39, 0.29) is 29.2 Å². The number of hydroxylamine groups is 2. The maximum atomic E-state index is 12.0. The lowest BCUT2D eigenvalue weighted by atomic mass is 10.1. The van der Waals surface area contributed by atoms with Crippen LogP contribution in [0.2, 0.25) is 0 Å². The highest BCUT2D eigenvalue weighted by Gasteiger charge is 2.44. The molecule has 24 heavy (non-hydrogen) atoms. The van der Waals surface area contributed by atoms with Crippen LogP contribution in [0.4, 0.5) is 0 Å². The SMILES string of the molecule is CN(O)C(=O)c1cccc[n+]1CC1=C(C(=O)[O-])N2C(=O)CC2SC1. The number of carboxylic acids is 1. The Morgan fingerprint density at radius 1 is 1.50 bits per heavy atom. The zero-order valence-electron chi connectivity index (χ0n) is 12.8. The van der Waals surface area contributed by atoms with Crippen LogP contribution in [0.15, 0.2) is 35.7 Å². The first-order valence-electron chi connectivity index (χ1n) is 7.22. The molecule has 3 heterocycles. The Kier molecular flexibility index (Phi) is 4.29. The molecule has 1 N–H and O–H groups in total. The van der Waals surface area contributed by atoms with E-state index in [1.54, 1.807) is 22.9 Å². The van der Waals surface area contributed by atoms with Gasteiger partial charge in [-0.05, 0) is 6.07 Å². The van der Waals surface area contributed by atoms with E-state index in [0.29, 0.717) is 22.8 Å². The van der Waals surface area contributed by atoms with Crippen LogP contribution in [-0.4, -0.2) is 51.1 Å². The Hall–Kier alpha value is -2.39. The number of aliphatic carboxylic acids is 1. The highest BCUT2D eigenvalue weighted by atomic mass is 32.2. The third-order valence-electron chi connectivity index (χ3n) is 3.94. The number of pyridine rings is 1. The minimum Gasteiger partial charge on any atom is -0.543 e. The molecule has 0 spiro atoms. The zero-order valence-corrected chi connectivity index (χ0v) is 13.7. The second kappa shape index (κ2) is 6.25. The number of amides is 2. The maximum absolute atomic E-state index is 12.0. The molecule has 9 heteroatoms. The Bertz CT molecular complexity index is 761. The predicted octanol–water partition coefficient (Wildman–Crippen LogP) is -1.26. The summed E-state index contributed by atoms with van der Waals surface area (Å²) in [4.78, 5) is 36.5. The average Bonchev–Trinajstić information content (AvgIpc) is 2.54. The lowest BCUT2D eigenvalue weighted by Crippen LogP contribution is -2.57. The molecule has 1 unspecified atom stereocenters. The number of hydrogen-bond donors (Lipinski definition) is 1. The number of thioether (sulfide) groups is 1. The van der Waals surface area contributed by atoms with Gasteiger partial charge < -0.3 is 9.90 Å². The van der Waals surface area contributed by atoms with E-state index in [1.165, 1.54) is 29.8 Å². The molecule has 0 saturated carbocycles. The van der Waals surface area contributed by atoms with E-state index >= 15 is 0 Å². The highest BCUT2D eigenvalue weighted by Crippen LogP contribution is 2.39. The molecule has 0 radical (unpaired) electrons. The Balaban J connectivity index is 1.98. The monoisotopic (exact) mass is 349 g/mol. The summed E-state index contributed by atoms with van der Waals surface area (Å²) in [5.41, 5.74) is 0.590. The van der Waals surface area contributed by atoms with E-state index in [0.717, 1.165) is 0 Å². The molecule has 1 aromatic heterocycles. The van der Waals surface area contributed by atoms with Gasteiger partial charge in [-0.2, -0.15) is 4.57 Å². The third-order valence-corrected chi connectivity index (χ3v) is 5.22. The smallest absolute Gasteiger partial charge is 0.341 e. The molecule has 1 fully saturated rings. The fourth-order valence-electron chi connectivity index (χ4n) is 2.77. The van der Waals surface area contributed by atoms with Crippen molar-refractivity contribution in [3.05, 3.63) is 41.4 Å². The molecule has 126 valence electrons. The molecule has 1 saturated heterocycles. The van der Waals surface area contributed by atoms with Crippen molar-refractivity contribution in [2.75, 3.05) is 12.8 Å². The molecule has 3 rings (SSSR count). The van der Waals surface area contributed by atoms with Crippen LogP contribution in [0.3, 0.4) is 0 Å². The van der Waals surface area contributed by atoms with Crippen LogP contribution in [-0.2, 0) is 16.1 Å². The standard InChI is InChI=1S/C15H15N3O5S/c1-16(23)14(20)10-4-2-3-5-17(10)7-9-8-24-12-6-11(19)18(12)13(9)15(21)22/h2-5,12,23H,6-8H2,1H3. The van der Waals surface area contributed by atoms with Crippen LogP contribution in [0.25, 0.3) is 0 Å². The molecule has 1 aromatic rings. The highest BCUT2D eigenvalue weighted by molar-refractivity contribution is 8.00. The summed E-state index contributed by atoms with van der Waals surface area (Å²) in [6.45, 7) is 0.114. The van der Waals surface area contributed by atoms with Gasteiger partial charge in [-0.25, -0.2) is 5.06 Å². The predicted molar refractivity (Wildman–Crippen MR) is 80.3 cm³/mol. The van der Waals surface area contributed by atoms with Crippen LogP contribution in [0.5, 0.6) is 0 Å². The van der Waals surface area contributed by atoms with Crippen LogP contribution >= 0.6 is 11.8 Å². The van der Waals surface area contributed by atoms with Gasteiger partial charge in [0.25, 0.3) is 5.69 Å². The second-order valence-corrected chi connectivity index (χ2v) is 6.68. The first kappa shape index (κ1) is 16.5. The third kappa shape index (κ3) is 2.76. The summed E-state index contributed by atoms with van der Waals surface area (Å²) in [5.74, 6) is -1.82. The molecule has 2 amide bonds. The van der Waals surface area contributed by atoms with E-state index in [9.17, 15) is 24.7 Å². The van der Waals surface area contributed by atoms with Gasteiger partial charge in [0.15, 0.2) is 12.7 Å². The zero-order chi connectivity index (χ0) is 17.4. The number of carbonyl (C=O) groups is 3. The van der Waals surface area contributed by atoms with Gasteiger partial charge in [0.2, 0.25) is 5.91 Å². The van der Waals surface area contributed by atoms with E-state index in [2.05, 4.69) is 0 Å². The molecular weight excluding hydrogens is 334 g/mol. The van der Waals surface area contributed by atoms with Crippen molar-refractivity contribution in [1.82, 2.24) is 9.96 Å². The first-order valence-corrected chi connectivity index (χ1v) is 8.27. The van der Waals surface area contributed by atoms with Gasteiger partial charge in [0.1, 0.15) is 0 Å². The fourth-order valence-corrected chi connectivity index (χ4v) is 4.02. The van der Waals surface area contributed by atoms with Crippen LogP contribution in [0.1, 0.15) is 16.9 Å². The average molecular weight is 349 g/mol. The van der Waals surface area contributed by atoms with E-state index in [4.69, 9.17) is 0 Å². The molecule has 0 bridgehead atoms. The largest absolute Gasteiger partial charge is 0.543 e. The van der Waals surface area contributed by atoms with E-state index in [1.807, 2.05) is 0 Å². The number of hydrogen-bond acceptors (Lipinski definition) is 6. The van der Waals surface area contributed by atoms with Crippen molar-refractivity contribution < 1.29 is 29.3 Å². The minimum absolute atomic E-state index is 0.109. The van der Waals surface area contributed by atoms with E-state index < -0.39 is 11.9 Å². The summed E-state index contributed by atoms with van der Waals surface area (Å²) in [6.07, 6.45) is 1.94. The number of carbonyl (C=O) groups excluding carboxylic acids is 3. The second-order valence-electron chi connectivity index (χ2n) is 5.52. The van der Waals surface area contributed by atoms with Crippen molar-refractivity contribution in [2.45, 2.75) is 18.3 Å². The van der Waals surface area contributed by atoms with Gasteiger partial charge in [0, 0.05) is 30.5 Å². The normalized spacial score (nSPS) is 19.7. The molecule has 2 aliphatic rings. The Labute approximate surface area is 141 Å². The van der Waals surface area contributed by atoms with Crippen molar-refractivity contribution in [2.24, 2.45) is 0 Å². The summed E-state index contributed by atoms with van der Waals surface area (Å²) < 4.78 is 1.54. The number of carboxylic acid groups (broad SMARTS) is 1. The summed E-state index contributed by atoms with van der Waals surface area (Å²) in [7, 11) is 1.21. The van der Waals surface area contributed by atoms with Crippen molar-refractivity contribution in [3.63, 3.8) is 0 Å².